The molecule has 0 saturated carbocycles. The zero-order valence-electron chi connectivity index (χ0n) is 12.3. The number of nitrogens with zero attached hydrogens (tertiary/aromatic N) is 2. The molecule has 0 aliphatic carbocycles. The van der Waals surface area contributed by atoms with Crippen LogP contribution in [0.3, 0.4) is 0 Å². The van der Waals surface area contributed by atoms with Crippen molar-refractivity contribution in [1.82, 2.24) is 9.80 Å². The third kappa shape index (κ3) is 4.64. The first-order chi connectivity index (χ1) is 9.79. The highest BCUT2D eigenvalue weighted by molar-refractivity contribution is 5.41. The van der Waals surface area contributed by atoms with Gasteiger partial charge in [0, 0.05) is 25.2 Å². The predicted octanol–water partition coefficient (Wildman–Crippen LogP) is 1.56. The lowest BCUT2D eigenvalue weighted by Crippen LogP contribution is -2.31. The van der Waals surface area contributed by atoms with Gasteiger partial charge in [-0.25, -0.2) is 0 Å². The number of benzene rings is 1. The van der Waals surface area contributed by atoms with Crippen molar-refractivity contribution in [2.24, 2.45) is 0 Å². The Morgan fingerprint density at radius 3 is 2.75 bits per heavy atom. The zero-order valence-corrected chi connectivity index (χ0v) is 12.3. The molecule has 1 aromatic rings. The number of aliphatic hydroxyl groups excluding tert-OH is 1. The van der Waals surface area contributed by atoms with Gasteiger partial charge in [0.2, 0.25) is 0 Å². The van der Waals surface area contributed by atoms with Gasteiger partial charge in [-0.15, -0.1) is 0 Å². The summed E-state index contributed by atoms with van der Waals surface area (Å²) < 4.78 is 0. The van der Waals surface area contributed by atoms with Crippen LogP contribution in [0.25, 0.3) is 0 Å². The van der Waals surface area contributed by atoms with Crippen molar-refractivity contribution in [2.75, 3.05) is 39.8 Å². The molecule has 3 nitrogen and oxygen atoms in total. The van der Waals surface area contributed by atoms with Crippen LogP contribution in [-0.4, -0.2) is 54.7 Å². The number of hydrogen-bond donors (Lipinski definition) is 1. The number of rotatable bonds is 5. The Labute approximate surface area is 122 Å². The standard InChI is InChI=1S/C17H24N2O/c1-18(12-13-19-10-4-5-11-19)15-17-8-3-2-7-16(17)9-6-14-20/h2-3,7-8,20H,4-5,10-15H2,1H3. The van der Waals surface area contributed by atoms with Crippen molar-refractivity contribution in [3.8, 4) is 11.8 Å². The molecule has 20 heavy (non-hydrogen) atoms. The molecule has 1 N–H and O–H groups in total. The van der Waals surface area contributed by atoms with Crippen molar-refractivity contribution in [2.45, 2.75) is 19.4 Å². The second-order valence-electron chi connectivity index (χ2n) is 5.40. The quantitative estimate of drug-likeness (QED) is 0.824. The third-order valence-electron chi connectivity index (χ3n) is 3.76. The predicted molar refractivity (Wildman–Crippen MR) is 82.4 cm³/mol. The first kappa shape index (κ1) is 15.1. The molecule has 0 unspecified atom stereocenters. The number of likely N-dealkylation sites (tertiary alicyclic amines) is 1. The average molecular weight is 272 g/mol. The topological polar surface area (TPSA) is 26.7 Å². The van der Waals surface area contributed by atoms with E-state index in [0.717, 1.165) is 25.2 Å². The molecule has 0 radical (unpaired) electrons. The molecule has 108 valence electrons. The minimum absolute atomic E-state index is 0.0842. The number of aliphatic hydroxyl groups is 1. The van der Waals surface area contributed by atoms with E-state index in [4.69, 9.17) is 5.11 Å². The fourth-order valence-corrected chi connectivity index (χ4v) is 2.60. The Kier molecular flexibility index (Phi) is 6.07. The molecular weight excluding hydrogens is 248 g/mol. The van der Waals surface area contributed by atoms with Crippen molar-refractivity contribution in [3.63, 3.8) is 0 Å². The smallest absolute Gasteiger partial charge is 0.104 e. The van der Waals surface area contributed by atoms with Crippen LogP contribution in [0.1, 0.15) is 24.0 Å². The van der Waals surface area contributed by atoms with Gasteiger partial charge in [0.1, 0.15) is 6.61 Å². The lowest BCUT2D eigenvalue weighted by molar-refractivity contribution is 0.252. The van der Waals surface area contributed by atoms with E-state index in [1.165, 1.54) is 31.5 Å². The van der Waals surface area contributed by atoms with Gasteiger partial charge in [-0.05, 0) is 44.6 Å². The molecule has 0 spiro atoms. The molecule has 0 bridgehead atoms. The van der Waals surface area contributed by atoms with E-state index in [2.05, 4.69) is 34.8 Å². The second-order valence-corrected chi connectivity index (χ2v) is 5.40. The summed E-state index contributed by atoms with van der Waals surface area (Å²) >= 11 is 0. The summed E-state index contributed by atoms with van der Waals surface area (Å²) in [5.74, 6) is 5.76. The normalized spacial score (nSPS) is 15.3. The molecule has 0 atom stereocenters. The van der Waals surface area contributed by atoms with Gasteiger partial charge < -0.3 is 14.9 Å². The Hall–Kier alpha value is -1.34. The molecule has 2 rings (SSSR count). The number of hydrogen-bond acceptors (Lipinski definition) is 3. The van der Waals surface area contributed by atoms with Crippen molar-refractivity contribution in [1.29, 1.82) is 0 Å². The fourth-order valence-electron chi connectivity index (χ4n) is 2.60. The molecule has 1 saturated heterocycles. The van der Waals surface area contributed by atoms with Crippen LogP contribution in [-0.2, 0) is 6.54 Å². The van der Waals surface area contributed by atoms with E-state index in [1.807, 2.05) is 18.2 Å². The largest absolute Gasteiger partial charge is 0.384 e. The summed E-state index contributed by atoms with van der Waals surface area (Å²) in [5.41, 5.74) is 2.26. The summed E-state index contributed by atoms with van der Waals surface area (Å²) in [7, 11) is 2.16. The van der Waals surface area contributed by atoms with Crippen LogP contribution in [0.2, 0.25) is 0 Å². The van der Waals surface area contributed by atoms with Crippen molar-refractivity contribution >= 4 is 0 Å². The van der Waals surface area contributed by atoms with Crippen LogP contribution in [0, 0.1) is 11.8 Å². The molecule has 3 heteroatoms. The van der Waals surface area contributed by atoms with E-state index in [0.29, 0.717) is 0 Å². The highest BCUT2D eigenvalue weighted by Gasteiger charge is 2.12. The lowest BCUT2D eigenvalue weighted by Gasteiger charge is -2.21. The Balaban J connectivity index is 1.88. The highest BCUT2D eigenvalue weighted by atomic mass is 16.2. The monoisotopic (exact) mass is 272 g/mol. The second kappa shape index (κ2) is 8.06. The Bertz CT molecular complexity index is 469. The molecule has 1 fully saturated rings. The maximum Gasteiger partial charge on any atom is 0.104 e. The maximum absolute atomic E-state index is 8.82. The van der Waals surface area contributed by atoms with Crippen LogP contribution in [0.5, 0.6) is 0 Å². The van der Waals surface area contributed by atoms with E-state index < -0.39 is 0 Å². The summed E-state index contributed by atoms with van der Waals surface area (Å²) in [5, 5.41) is 8.82. The Morgan fingerprint density at radius 2 is 2.00 bits per heavy atom. The summed E-state index contributed by atoms with van der Waals surface area (Å²) in [6.07, 6.45) is 2.70. The molecule has 1 aromatic carbocycles. The van der Waals surface area contributed by atoms with Gasteiger partial charge in [0.05, 0.1) is 0 Å². The van der Waals surface area contributed by atoms with Gasteiger partial charge in [-0.1, -0.05) is 30.0 Å². The minimum Gasteiger partial charge on any atom is -0.384 e. The van der Waals surface area contributed by atoms with E-state index in [9.17, 15) is 0 Å². The molecule has 1 aliphatic rings. The van der Waals surface area contributed by atoms with E-state index >= 15 is 0 Å². The first-order valence-corrected chi connectivity index (χ1v) is 7.38. The van der Waals surface area contributed by atoms with Crippen LogP contribution in [0.4, 0.5) is 0 Å². The van der Waals surface area contributed by atoms with E-state index in [1.54, 1.807) is 0 Å². The molecular formula is C17H24N2O. The van der Waals surface area contributed by atoms with Crippen LogP contribution < -0.4 is 0 Å². The highest BCUT2D eigenvalue weighted by Crippen LogP contribution is 2.11. The lowest BCUT2D eigenvalue weighted by atomic mass is 10.1. The van der Waals surface area contributed by atoms with Gasteiger partial charge >= 0.3 is 0 Å². The first-order valence-electron chi connectivity index (χ1n) is 7.38. The average Bonchev–Trinajstić information content (AvgIpc) is 2.97. The maximum atomic E-state index is 8.82. The fraction of sp³-hybridized carbons (Fsp3) is 0.529. The molecule has 1 heterocycles. The Morgan fingerprint density at radius 1 is 1.25 bits per heavy atom. The molecule has 0 aromatic heterocycles. The van der Waals surface area contributed by atoms with Crippen LogP contribution >= 0.6 is 0 Å². The molecule has 1 aliphatic heterocycles. The summed E-state index contributed by atoms with van der Waals surface area (Å²) in [6, 6.07) is 8.18. The van der Waals surface area contributed by atoms with Gasteiger partial charge in [-0.3, -0.25) is 0 Å². The SMILES string of the molecule is CN(CCN1CCCC1)Cc1ccccc1C#CCO. The van der Waals surface area contributed by atoms with Gasteiger partial charge in [0.25, 0.3) is 0 Å². The van der Waals surface area contributed by atoms with E-state index in [-0.39, 0.29) is 6.61 Å². The number of likely N-dealkylation sites (N-methyl/N-ethyl adjacent to an activating group) is 1. The summed E-state index contributed by atoms with van der Waals surface area (Å²) in [6.45, 7) is 5.57. The zero-order chi connectivity index (χ0) is 14.2. The van der Waals surface area contributed by atoms with Gasteiger partial charge in [-0.2, -0.15) is 0 Å². The third-order valence-corrected chi connectivity index (χ3v) is 3.76. The van der Waals surface area contributed by atoms with Crippen molar-refractivity contribution in [3.05, 3.63) is 35.4 Å². The van der Waals surface area contributed by atoms with Gasteiger partial charge in [0.15, 0.2) is 0 Å². The van der Waals surface area contributed by atoms with Crippen molar-refractivity contribution < 1.29 is 5.11 Å². The van der Waals surface area contributed by atoms with Crippen LogP contribution in [0.15, 0.2) is 24.3 Å². The summed E-state index contributed by atoms with van der Waals surface area (Å²) in [4.78, 5) is 4.88. The minimum atomic E-state index is -0.0842. The molecule has 0 amide bonds.